The zero-order valence-corrected chi connectivity index (χ0v) is 19.4. The van der Waals surface area contributed by atoms with Crippen molar-refractivity contribution in [3.63, 3.8) is 0 Å². The van der Waals surface area contributed by atoms with Crippen LogP contribution >= 0.6 is 0 Å². The Morgan fingerprint density at radius 1 is 0.903 bits per heavy atom. The van der Waals surface area contributed by atoms with Crippen molar-refractivity contribution in [2.24, 2.45) is 23.3 Å². The van der Waals surface area contributed by atoms with Crippen molar-refractivity contribution in [3.8, 4) is 0 Å². The number of nitrogens with one attached hydrogen (secondary N) is 3. The second-order valence-electron chi connectivity index (χ2n) is 8.52. The highest BCUT2D eigenvalue weighted by Gasteiger charge is 2.31. The second-order valence-corrected chi connectivity index (χ2v) is 8.52. The van der Waals surface area contributed by atoms with Crippen LogP contribution in [0.4, 0.5) is 0 Å². The van der Waals surface area contributed by atoms with Crippen LogP contribution in [0.2, 0.25) is 0 Å². The normalized spacial score (nSPS) is 16.0. The molecule has 0 fully saturated rings. The van der Waals surface area contributed by atoms with E-state index in [-0.39, 0.29) is 11.8 Å². The van der Waals surface area contributed by atoms with Gasteiger partial charge in [0.2, 0.25) is 17.7 Å². The van der Waals surface area contributed by atoms with Crippen LogP contribution in [-0.4, -0.2) is 59.5 Å². The second kappa shape index (κ2) is 14.7. The van der Waals surface area contributed by atoms with E-state index in [0.29, 0.717) is 38.6 Å². The zero-order chi connectivity index (χ0) is 24.1. The van der Waals surface area contributed by atoms with Gasteiger partial charge in [0.05, 0.1) is 6.04 Å². The molecule has 5 unspecified atom stereocenters. The third kappa shape index (κ3) is 11.1. The van der Waals surface area contributed by atoms with E-state index >= 15 is 0 Å². The molecule has 0 saturated heterocycles. The Bertz CT molecular complexity index is 599. The van der Waals surface area contributed by atoms with E-state index in [4.69, 9.17) is 16.6 Å². The van der Waals surface area contributed by atoms with Gasteiger partial charge >= 0.3 is 5.97 Å². The summed E-state index contributed by atoms with van der Waals surface area (Å²) in [6, 6.07) is -3.63. The third-order valence-corrected chi connectivity index (χ3v) is 5.16. The van der Waals surface area contributed by atoms with Gasteiger partial charge in [-0.15, -0.1) is 0 Å². The Hall–Kier alpha value is -2.20. The molecule has 0 spiro atoms. The molecular formula is C21H41N5O5. The molecule has 180 valence electrons. The molecule has 0 aromatic carbocycles. The van der Waals surface area contributed by atoms with E-state index in [0.717, 1.165) is 0 Å². The van der Waals surface area contributed by atoms with Crippen LogP contribution in [0.15, 0.2) is 0 Å². The monoisotopic (exact) mass is 443 g/mol. The molecule has 5 atom stereocenters. The maximum atomic E-state index is 13.0. The van der Waals surface area contributed by atoms with Crippen LogP contribution in [0.3, 0.4) is 0 Å². The van der Waals surface area contributed by atoms with Crippen molar-refractivity contribution < 1.29 is 24.3 Å². The highest BCUT2D eigenvalue weighted by atomic mass is 16.4. The Morgan fingerprint density at radius 2 is 1.52 bits per heavy atom. The van der Waals surface area contributed by atoms with Crippen molar-refractivity contribution >= 4 is 23.7 Å². The molecule has 0 radical (unpaired) electrons. The first kappa shape index (κ1) is 28.8. The number of aliphatic carboxylic acids is 1. The molecule has 8 N–H and O–H groups in total. The summed E-state index contributed by atoms with van der Waals surface area (Å²) in [5, 5.41) is 16.8. The lowest BCUT2D eigenvalue weighted by Gasteiger charge is -2.27. The predicted octanol–water partition coefficient (Wildman–Crippen LogP) is 0.0938. The summed E-state index contributed by atoms with van der Waals surface area (Å²) in [6.45, 7) is 9.36. The molecule has 0 aromatic heterocycles. The number of unbranched alkanes of at least 4 members (excludes halogenated alkanes) is 1. The van der Waals surface area contributed by atoms with E-state index in [1.54, 1.807) is 6.92 Å². The summed E-state index contributed by atoms with van der Waals surface area (Å²) >= 11 is 0. The van der Waals surface area contributed by atoms with Crippen molar-refractivity contribution in [1.82, 2.24) is 16.0 Å². The topological polar surface area (TPSA) is 177 Å². The molecule has 31 heavy (non-hydrogen) atoms. The molecule has 0 saturated carbocycles. The van der Waals surface area contributed by atoms with E-state index in [2.05, 4.69) is 16.0 Å². The van der Waals surface area contributed by atoms with Gasteiger partial charge in [-0.1, -0.05) is 34.1 Å². The first-order valence-electron chi connectivity index (χ1n) is 11.0. The molecule has 0 bridgehead atoms. The molecular weight excluding hydrogens is 402 g/mol. The van der Waals surface area contributed by atoms with Crippen molar-refractivity contribution in [2.75, 3.05) is 6.54 Å². The number of hydrogen-bond acceptors (Lipinski definition) is 6. The molecule has 0 heterocycles. The average molecular weight is 444 g/mol. The fraction of sp³-hybridized carbons (Fsp3) is 0.810. The van der Waals surface area contributed by atoms with Gasteiger partial charge in [-0.2, -0.15) is 0 Å². The van der Waals surface area contributed by atoms with E-state index in [1.165, 1.54) is 6.92 Å². The Balaban J connectivity index is 5.39. The van der Waals surface area contributed by atoms with Crippen molar-refractivity contribution in [1.29, 1.82) is 0 Å². The maximum absolute atomic E-state index is 13.0. The third-order valence-electron chi connectivity index (χ3n) is 5.16. The highest BCUT2D eigenvalue weighted by Crippen LogP contribution is 2.11. The van der Waals surface area contributed by atoms with Crippen LogP contribution < -0.4 is 27.4 Å². The molecule has 0 aliphatic heterocycles. The quantitative estimate of drug-likeness (QED) is 0.194. The highest BCUT2D eigenvalue weighted by molar-refractivity contribution is 5.94. The summed E-state index contributed by atoms with van der Waals surface area (Å²) in [6.07, 6.45) is 2.72. The largest absolute Gasteiger partial charge is 0.480 e. The molecule has 0 aliphatic carbocycles. The average Bonchev–Trinajstić information content (AvgIpc) is 2.69. The van der Waals surface area contributed by atoms with Crippen LogP contribution in [0.5, 0.6) is 0 Å². The number of amides is 3. The molecule has 3 amide bonds. The van der Waals surface area contributed by atoms with E-state index in [9.17, 15) is 19.2 Å². The SMILES string of the molecule is CCC(C)C(NC(=O)C(CCCCN)NC(=O)C(N)CC(C)C)C(=O)NC(C)C(=O)O. The zero-order valence-electron chi connectivity index (χ0n) is 19.4. The smallest absolute Gasteiger partial charge is 0.325 e. The van der Waals surface area contributed by atoms with Gasteiger partial charge in [0.15, 0.2) is 0 Å². The summed E-state index contributed by atoms with van der Waals surface area (Å²) in [5.74, 6) is -2.71. The van der Waals surface area contributed by atoms with Crippen LogP contribution in [0, 0.1) is 11.8 Å². The minimum Gasteiger partial charge on any atom is -0.480 e. The summed E-state index contributed by atoms with van der Waals surface area (Å²) in [7, 11) is 0. The van der Waals surface area contributed by atoms with Gasteiger partial charge in [-0.25, -0.2) is 0 Å². The number of carboxylic acids is 1. The number of carboxylic acid groups (broad SMARTS) is 1. The Morgan fingerprint density at radius 3 is 2.00 bits per heavy atom. The number of rotatable bonds is 15. The predicted molar refractivity (Wildman–Crippen MR) is 119 cm³/mol. The number of nitrogens with two attached hydrogens (primary N) is 2. The number of carbonyl (C=O) groups excluding carboxylic acids is 3. The maximum Gasteiger partial charge on any atom is 0.325 e. The van der Waals surface area contributed by atoms with Gasteiger partial charge in [0.1, 0.15) is 18.1 Å². The Labute approximate surface area is 185 Å². The van der Waals surface area contributed by atoms with E-state index in [1.807, 2.05) is 20.8 Å². The van der Waals surface area contributed by atoms with Gasteiger partial charge in [-0.3, -0.25) is 19.2 Å². The van der Waals surface area contributed by atoms with Crippen molar-refractivity contribution in [3.05, 3.63) is 0 Å². The van der Waals surface area contributed by atoms with Gasteiger partial charge in [-0.05, 0) is 51.0 Å². The fourth-order valence-electron chi connectivity index (χ4n) is 2.98. The van der Waals surface area contributed by atoms with Crippen LogP contribution in [0.1, 0.15) is 66.7 Å². The number of hydrogen-bond donors (Lipinski definition) is 6. The fourth-order valence-corrected chi connectivity index (χ4v) is 2.98. The first-order valence-corrected chi connectivity index (χ1v) is 11.0. The van der Waals surface area contributed by atoms with Gasteiger partial charge in [0, 0.05) is 0 Å². The molecule has 10 nitrogen and oxygen atoms in total. The van der Waals surface area contributed by atoms with Crippen LogP contribution in [0.25, 0.3) is 0 Å². The summed E-state index contributed by atoms with van der Waals surface area (Å²) < 4.78 is 0. The minimum absolute atomic E-state index is 0.222. The lowest BCUT2D eigenvalue weighted by Crippen LogP contribution is -2.58. The van der Waals surface area contributed by atoms with Gasteiger partial charge < -0.3 is 32.5 Å². The lowest BCUT2D eigenvalue weighted by molar-refractivity contribution is -0.142. The van der Waals surface area contributed by atoms with E-state index < -0.39 is 47.9 Å². The molecule has 10 heteroatoms. The minimum atomic E-state index is -1.17. The Kier molecular flexibility index (Phi) is 13.7. The number of carbonyl (C=O) groups is 4. The standard InChI is InChI=1S/C21H41N5O5/c1-6-13(4)17(20(29)24-14(5)21(30)31)26-19(28)16(9-7-8-10-22)25-18(27)15(23)11-12(2)3/h12-17H,6-11,22-23H2,1-5H3,(H,24,29)(H,25,27)(H,26,28)(H,30,31). The molecule has 0 rings (SSSR count). The summed E-state index contributed by atoms with van der Waals surface area (Å²) in [4.78, 5) is 49.1. The first-order chi connectivity index (χ1) is 14.4. The molecule has 0 aliphatic rings. The van der Waals surface area contributed by atoms with Crippen LogP contribution in [-0.2, 0) is 19.2 Å². The summed E-state index contributed by atoms with van der Waals surface area (Å²) in [5.41, 5.74) is 11.5. The van der Waals surface area contributed by atoms with Crippen molar-refractivity contribution in [2.45, 2.75) is 90.9 Å². The lowest BCUT2D eigenvalue weighted by atomic mass is 9.97. The van der Waals surface area contributed by atoms with Gasteiger partial charge in [0.25, 0.3) is 0 Å². The molecule has 0 aromatic rings.